The van der Waals surface area contributed by atoms with Crippen LogP contribution in [-0.2, 0) is 16.4 Å². The van der Waals surface area contributed by atoms with Gasteiger partial charge in [0.1, 0.15) is 0 Å². The fraction of sp³-hybridized carbons (Fsp3) is 0.917. The maximum atomic E-state index is 11.7. The molecule has 1 atom stereocenters. The van der Waals surface area contributed by atoms with Crippen LogP contribution in [0.2, 0.25) is 0 Å². The highest BCUT2D eigenvalue weighted by Crippen LogP contribution is 2.34. The molecule has 0 bridgehead atoms. The standard InChI is InChI=1S/C12H21N5O2S/c1-2-6-16(11-5-7-20(18,19)9-11)8-12-13-14-15-17(12)10-3-4-10/h10-11H,2-9H2,1H3. The normalized spacial score (nSPS) is 25.4. The first-order valence-corrected chi connectivity index (χ1v) is 9.12. The number of sulfone groups is 1. The van der Waals surface area contributed by atoms with E-state index in [0.717, 1.165) is 38.1 Å². The number of nitrogens with zero attached hydrogens (tertiary/aromatic N) is 5. The van der Waals surface area contributed by atoms with Crippen molar-refractivity contribution >= 4 is 9.84 Å². The summed E-state index contributed by atoms with van der Waals surface area (Å²) in [5, 5.41) is 11.9. The summed E-state index contributed by atoms with van der Waals surface area (Å²) in [4.78, 5) is 2.23. The molecule has 1 aromatic rings. The van der Waals surface area contributed by atoms with E-state index in [4.69, 9.17) is 0 Å². The van der Waals surface area contributed by atoms with E-state index >= 15 is 0 Å². The number of tetrazole rings is 1. The van der Waals surface area contributed by atoms with Gasteiger partial charge in [0.25, 0.3) is 0 Å². The predicted octanol–water partition coefficient (Wildman–Crippen LogP) is 0.407. The van der Waals surface area contributed by atoms with Gasteiger partial charge in [-0.3, -0.25) is 4.90 Å². The Morgan fingerprint density at radius 3 is 2.75 bits per heavy atom. The lowest BCUT2D eigenvalue weighted by Crippen LogP contribution is -2.37. The van der Waals surface area contributed by atoms with Gasteiger partial charge in [0.2, 0.25) is 0 Å². The largest absolute Gasteiger partial charge is 0.292 e. The summed E-state index contributed by atoms with van der Waals surface area (Å²) >= 11 is 0. The lowest BCUT2D eigenvalue weighted by molar-refractivity contribution is 0.195. The first-order valence-electron chi connectivity index (χ1n) is 7.30. The van der Waals surface area contributed by atoms with Crippen molar-refractivity contribution in [1.29, 1.82) is 0 Å². The third-order valence-corrected chi connectivity index (χ3v) is 5.78. The summed E-state index contributed by atoms with van der Waals surface area (Å²) in [6.07, 6.45) is 4.02. The van der Waals surface area contributed by atoms with Crippen LogP contribution in [0.25, 0.3) is 0 Å². The highest BCUT2D eigenvalue weighted by atomic mass is 32.2. The molecule has 0 radical (unpaired) electrons. The third-order valence-electron chi connectivity index (χ3n) is 4.03. The SMILES string of the molecule is CCCN(Cc1nnnn1C1CC1)C1CCS(=O)(=O)C1. The second-order valence-electron chi connectivity index (χ2n) is 5.80. The smallest absolute Gasteiger partial charge is 0.165 e. The van der Waals surface area contributed by atoms with Crippen molar-refractivity contribution in [3.63, 3.8) is 0 Å². The van der Waals surface area contributed by atoms with Crippen molar-refractivity contribution in [2.45, 2.75) is 51.2 Å². The predicted molar refractivity (Wildman–Crippen MR) is 73.8 cm³/mol. The van der Waals surface area contributed by atoms with E-state index in [1.54, 1.807) is 0 Å². The molecule has 1 saturated carbocycles. The molecule has 20 heavy (non-hydrogen) atoms. The molecule has 2 aliphatic rings. The second kappa shape index (κ2) is 5.40. The van der Waals surface area contributed by atoms with Gasteiger partial charge in [0.05, 0.1) is 24.1 Å². The summed E-state index contributed by atoms with van der Waals surface area (Å²) < 4.78 is 25.2. The fourth-order valence-corrected chi connectivity index (χ4v) is 4.60. The van der Waals surface area contributed by atoms with Crippen LogP contribution >= 0.6 is 0 Å². The molecule has 0 N–H and O–H groups in total. The maximum Gasteiger partial charge on any atom is 0.165 e. The van der Waals surface area contributed by atoms with Crippen molar-refractivity contribution in [3.8, 4) is 0 Å². The van der Waals surface area contributed by atoms with Crippen LogP contribution in [0.3, 0.4) is 0 Å². The monoisotopic (exact) mass is 299 g/mol. The molecule has 0 aromatic carbocycles. The van der Waals surface area contributed by atoms with Gasteiger partial charge in [-0.1, -0.05) is 6.92 Å². The molecule has 2 heterocycles. The number of rotatable bonds is 6. The Bertz CT molecular complexity index is 566. The van der Waals surface area contributed by atoms with Gasteiger partial charge in [0, 0.05) is 6.04 Å². The van der Waals surface area contributed by atoms with Crippen molar-refractivity contribution in [1.82, 2.24) is 25.1 Å². The second-order valence-corrected chi connectivity index (χ2v) is 8.03. The Hall–Kier alpha value is -1.02. The zero-order valence-electron chi connectivity index (χ0n) is 11.8. The van der Waals surface area contributed by atoms with E-state index < -0.39 is 9.84 Å². The first-order chi connectivity index (χ1) is 9.59. The zero-order valence-corrected chi connectivity index (χ0v) is 12.6. The Morgan fingerprint density at radius 2 is 2.15 bits per heavy atom. The van der Waals surface area contributed by atoms with E-state index in [1.807, 2.05) is 4.68 Å². The van der Waals surface area contributed by atoms with Gasteiger partial charge < -0.3 is 0 Å². The third kappa shape index (κ3) is 3.01. The van der Waals surface area contributed by atoms with E-state index in [9.17, 15) is 8.42 Å². The molecule has 3 rings (SSSR count). The summed E-state index contributed by atoms with van der Waals surface area (Å²) in [5.41, 5.74) is 0. The molecule has 1 aromatic heterocycles. The van der Waals surface area contributed by atoms with Crippen molar-refractivity contribution in [3.05, 3.63) is 5.82 Å². The van der Waals surface area contributed by atoms with Gasteiger partial charge in [-0.15, -0.1) is 5.10 Å². The van der Waals surface area contributed by atoms with Crippen LogP contribution in [0, 0.1) is 0 Å². The summed E-state index contributed by atoms with van der Waals surface area (Å²) in [6, 6.07) is 0.570. The summed E-state index contributed by atoms with van der Waals surface area (Å²) in [7, 11) is -2.85. The lowest BCUT2D eigenvalue weighted by Gasteiger charge is -2.26. The maximum absolute atomic E-state index is 11.7. The average Bonchev–Trinajstić information content (AvgIpc) is 3.03. The van der Waals surface area contributed by atoms with Crippen LogP contribution in [0.15, 0.2) is 0 Å². The van der Waals surface area contributed by atoms with E-state index in [-0.39, 0.29) is 11.8 Å². The van der Waals surface area contributed by atoms with Crippen LogP contribution < -0.4 is 0 Å². The molecule has 0 amide bonds. The fourth-order valence-electron chi connectivity index (χ4n) is 2.84. The van der Waals surface area contributed by atoms with E-state index in [0.29, 0.717) is 18.3 Å². The lowest BCUT2D eigenvalue weighted by atomic mass is 10.2. The quantitative estimate of drug-likeness (QED) is 0.756. The molecule has 8 heteroatoms. The van der Waals surface area contributed by atoms with E-state index in [2.05, 4.69) is 27.3 Å². The summed E-state index contributed by atoms with van der Waals surface area (Å²) in [5.74, 6) is 1.45. The van der Waals surface area contributed by atoms with Gasteiger partial charge in [-0.05, 0) is 42.7 Å². The molecule has 112 valence electrons. The molecule has 2 fully saturated rings. The van der Waals surface area contributed by atoms with Gasteiger partial charge in [-0.25, -0.2) is 13.1 Å². The van der Waals surface area contributed by atoms with Crippen LogP contribution in [0.5, 0.6) is 0 Å². The minimum atomic E-state index is -2.85. The molecular weight excluding hydrogens is 278 g/mol. The number of hydrogen-bond donors (Lipinski definition) is 0. The van der Waals surface area contributed by atoms with Gasteiger partial charge >= 0.3 is 0 Å². The zero-order chi connectivity index (χ0) is 14.2. The molecule has 1 aliphatic heterocycles. The Kier molecular flexibility index (Phi) is 3.76. The first kappa shape index (κ1) is 13.9. The average molecular weight is 299 g/mol. The molecule has 1 unspecified atom stereocenters. The molecule has 1 saturated heterocycles. The molecule has 0 spiro atoms. The topological polar surface area (TPSA) is 81.0 Å². The summed E-state index contributed by atoms with van der Waals surface area (Å²) in [6.45, 7) is 3.65. The molecule has 1 aliphatic carbocycles. The van der Waals surface area contributed by atoms with Crippen LogP contribution in [-0.4, -0.2) is 57.6 Å². The van der Waals surface area contributed by atoms with Crippen LogP contribution in [0.4, 0.5) is 0 Å². The molecular formula is C12H21N5O2S. The van der Waals surface area contributed by atoms with Crippen LogP contribution in [0.1, 0.15) is 44.5 Å². The highest BCUT2D eigenvalue weighted by molar-refractivity contribution is 7.91. The highest BCUT2D eigenvalue weighted by Gasteiger charge is 2.34. The van der Waals surface area contributed by atoms with Crippen molar-refractivity contribution < 1.29 is 8.42 Å². The Labute approximate surface area is 119 Å². The van der Waals surface area contributed by atoms with E-state index in [1.165, 1.54) is 0 Å². The van der Waals surface area contributed by atoms with Gasteiger partial charge in [0.15, 0.2) is 15.7 Å². The Morgan fingerprint density at radius 1 is 1.35 bits per heavy atom. The Balaban J connectivity index is 1.72. The van der Waals surface area contributed by atoms with Crippen molar-refractivity contribution in [2.75, 3.05) is 18.1 Å². The molecule has 7 nitrogen and oxygen atoms in total. The van der Waals surface area contributed by atoms with Crippen molar-refractivity contribution in [2.24, 2.45) is 0 Å². The van der Waals surface area contributed by atoms with Gasteiger partial charge in [-0.2, -0.15) is 0 Å². The number of aromatic nitrogens is 4. The minimum absolute atomic E-state index is 0.115. The minimum Gasteiger partial charge on any atom is -0.292 e. The number of hydrogen-bond acceptors (Lipinski definition) is 6.